The number of hydrogen-bond acceptors (Lipinski definition) is 6. The van der Waals surface area contributed by atoms with E-state index in [0.717, 1.165) is 37.7 Å². The average Bonchev–Trinajstić information content (AvgIpc) is 3.24. The number of likely N-dealkylation sites (N-methyl/N-ethyl adjacent to an activating group) is 1. The van der Waals surface area contributed by atoms with Gasteiger partial charge in [0.25, 0.3) is 0 Å². The van der Waals surface area contributed by atoms with Gasteiger partial charge in [-0.15, -0.1) is 0 Å². The van der Waals surface area contributed by atoms with E-state index in [4.69, 9.17) is 9.15 Å². The van der Waals surface area contributed by atoms with E-state index in [9.17, 15) is 9.59 Å². The summed E-state index contributed by atoms with van der Waals surface area (Å²) < 4.78 is 10.6. The summed E-state index contributed by atoms with van der Waals surface area (Å²) in [6.45, 7) is 5.30. The van der Waals surface area contributed by atoms with Crippen LogP contribution in [0.4, 0.5) is 11.4 Å². The summed E-state index contributed by atoms with van der Waals surface area (Å²) in [5.74, 6) is 0.358. The second-order valence-electron chi connectivity index (χ2n) is 7.17. The highest BCUT2D eigenvalue weighted by atomic mass is 16.5. The summed E-state index contributed by atoms with van der Waals surface area (Å²) in [7, 11) is 1.73. The molecule has 1 fully saturated rings. The minimum atomic E-state index is -0.218. The third kappa shape index (κ3) is 6.33. The van der Waals surface area contributed by atoms with E-state index in [0.29, 0.717) is 5.76 Å². The molecule has 8 nitrogen and oxygen atoms in total. The lowest BCUT2D eigenvalue weighted by molar-refractivity contribution is -0.123. The van der Waals surface area contributed by atoms with Gasteiger partial charge in [-0.05, 0) is 50.4 Å². The molecule has 0 spiro atoms. The highest BCUT2D eigenvalue weighted by Crippen LogP contribution is 2.19. The van der Waals surface area contributed by atoms with Crippen LogP contribution in [0.2, 0.25) is 0 Å². The summed E-state index contributed by atoms with van der Waals surface area (Å²) in [6, 6.07) is 11.1. The number of amides is 2. The minimum Gasteiger partial charge on any atom is -0.467 e. The van der Waals surface area contributed by atoms with Gasteiger partial charge >= 0.3 is 0 Å². The van der Waals surface area contributed by atoms with E-state index in [1.165, 1.54) is 0 Å². The summed E-state index contributed by atoms with van der Waals surface area (Å²) >= 11 is 0. The molecule has 1 aliphatic rings. The first-order chi connectivity index (χ1) is 14.0. The van der Waals surface area contributed by atoms with Crippen molar-refractivity contribution in [2.24, 2.45) is 0 Å². The Balaban J connectivity index is 1.41. The molecule has 2 aromatic rings. The van der Waals surface area contributed by atoms with Crippen molar-refractivity contribution in [3.05, 3.63) is 48.4 Å². The van der Waals surface area contributed by atoms with Gasteiger partial charge < -0.3 is 24.7 Å². The molecular weight excluding hydrogens is 372 g/mol. The van der Waals surface area contributed by atoms with E-state index in [2.05, 4.69) is 15.5 Å². The monoisotopic (exact) mass is 400 g/mol. The van der Waals surface area contributed by atoms with Gasteiger partial charge in [-0.2, -0.15) is 0 Å². The van der Waals surface area contributed by atoms with Crippen molar-refractivity contribution in [3.8, 4) is 0 Å². The van der Waals surface area contributed by atoms with Crippen molar-refractivity contribution in [3.63, 3.8) is 0 Å². The lowest BCUT2D eigenvalue weighted by Gasteiger charge is -2.28. The van der Waals surface area contributed by atoms with Crippen molar-refractivity contribution in [2.45, 2.75) is 13.0 Å². The van der Waals surface area contributed by atoms with Crippen molar-refractivity contribution < 1.29 is 18.7 Å². The van der Waals surface area contributed by atoms with Gasteiger partial charge in [0, 0.05) is 24.5 Å². The Morgan fingerprint density at radius 3 is 2.45 bits per heavy atom. The van der Waals surface area contributed by atoms with Gasteiger partial charge in [-0.25, -0.2) is 0 Å². The lowest BCUT2D eigenvalue weighted by atomic mass is 10.2. The van der Waals surface area contributed by atoms with E-state index in [1.54, 1.807) is 24.3 Å². The largest absolute Gasteiger partial charge is 0.467 e. The summed E-state index contributed by atoms with van der Waals surface area (Å²) in [5, 5.41) is 5.72. The maximum Gasteiger partial charge on any atom is 0.238 e. The van der Waals surface area contributed by atoms with Crippen LogP contribution in [0.1, 0.15) is 18.7 Å². The molecule has 0 radical (unpaired) electrons. The number of benzene rings is 1. The van der Waals surface area contributed by atoms with Gasteiger partial charge in [0.1, 0.15) is 5.76 Å². The number of hydrogen-bond donors (Lipinski definition) is 2. The third-order valence-electron chi connectivity index (χ3n) is 4.70. The van der Waals surface area contributed by atoms with Crippen LogP contribution < -0.4 is 15.5 Å². The Bertz CT molecular complexity index is 786. The minimum absolute atomic E-state index is 0.119. The number of carbonyl (C=O) groups is 2. The van der Waals surface area contributed by atoms with Gasteiger partial charge in [-0.1, -0.05) is 0 Å². The number of rotatable bonds is 8. The van der Waals surface area contributed by atoms with Crippen LogP contribution in [0, 0.1) is 0 Å². The Hall–Kier alpha value is -2.84. The molecule has 1 atom stereocenters. The number of nitrogens with zero attached hydrogens (tertiary/aromatic N) is 2. The molecule has 1 aliphatic heterocycles. The molecule has 2 amide bonds. The van der Waals surface area contributed by atoms with Crippen LogP contribution in [0.5, 0.6) is 0 Å². The Morgan fingerprint density at radius 1 is 1.10 bits per heavy atom. The number of carbonyl (C=O) groups excluding carboxylic acids is 2. The molecule has 0 bridgehead atoms. The highest BCUT2D eigenvalue weighted by molar-refractivity contribution is 5.92. The summed E-state index contributed by atoms with van der Waals surface area (Å²) in [5.41, 5.74) is 1.85. The van der Waals surface area contributed by atoms with E-state index in [1.807, 2.05) is 37.3 Å². The summed E-state index contributed by atoms with van der Waals surface area (Å²) in [6.07, 6.45) is 1.57. The topological polar surface area (TPSA) is 87.1 Å². The zero-order valence-electron chi connectivity index (χ0n) is 16.9. The maximum absolute atomic E-state index is 12.3. The Morgan fingerprint density at radius 2 is 1.79 bits per heavy atom. The predicted molar refractivity (Wildman–Crippen MR) is 111 cm³/mol. The average molecular weight is 400 g/mol. The quantitative estimate of drug-likeness (QED) is 0.703. The molecule has 156 valence electrons. The van der Waals surface area contributed by atoms with Crippen LogP contribution in [0.25, 0.3) is 0 Å². The fraction of sp³-hybridized carbons (Fsp3) is 0.429. The zero-order chi connectivity index (χ0) is 20.6. The van der Waals surface area contributed by atoms with Crippen LogP contribution in [-0.4, -0.2) is 63.2 Å². The fourth-order valence-electron chi connectivity index (χ4n) is 3.22. The Kier molecular flexibility index (Phi) is 7.26. The fourth-order valence-corrected chi connectivity index (χ4v) is 3.22. The number of anilines is 2. The molecule has 1 aromatic carbocycles. The first kappa shape index (κ1) is 20.9. The number of furan rings is 1. The number of morpholine rings is 1. The molecule has 8 heteroatoms. The van der Waals surface area contributed by atoms with Crippen LogP contribution in [-0.2, 0) is 14.3 Å². The van der Waals surface area contributed by atoms with Crippen LogP contribution in [0.3, 0.4) is 0 Å². The molecular formula is C21H28N4O4. The predicted octanol–water partition coefficient (Wildman–Crippen LogP) is 1.86. The maximum atomic E-state index is 12.3. The van der Waals surface area contributed by atoms with E-state index in [-0.39, 0.29) is 30.9 Å². The van der Waals surface area contributed by atoms with Crippen molar-refractivity contribution in [1.82, 2.24) is 10.2 Å². The highest BCUT2D eigenvalue weighted by Gasteiger charge is 2.15. The zero-order valence-corrected chi connectivity index (χ0v) is 16.9. The van der Waals surface area contributed by atoms with E-state index < -0.39 is 0 Å². The normalized spacial score (nSPS) is 15.2. The van der Waals surface area contributed by atoms with Gasteiger partial charge in [-0.3, -0.25) is 14.5 Å². The third-order valence-corrected chi connectivity index (χ3v) is 4.70. The van der Waals surface area contributed by atoms with Gasteiger partial charge in [0.2, 0.25) is 11.8 Å². The molecule has 2 N–H and O–H groups in total. The van der Waals surface area contributed by atoms with Crippen LogP contribution in [0.15, 0.2) is 47.1 Å². The van der Waals surface area contributed by atoms with E-state index >= 15 is 0 Å². The molecule has 0 saturated carbocycles. The smallest absolute Gasteiger partial charge is 0.238 e. The van der Waals surface area contributed by atoms with Gasteiger partial charge in [0.15, 0.2) is 0 Å². The molecule has 1 saturated heterocycles. The SMILES string of the molecule is CC(NC(=O)CN(C)CC(=O)Nc1ccc(N2CCOCC2)cc1)c1ccco1. The second kappa shape index (κ2) is 10.1. The molecule has 29 heavy (non-hydrogen) atoms. The standard InChI is InChI=1S/C21H28N4O4/c1-16(19-4-3-11-29-19)22-20(26)14-24(2)15-21(27)23-17-5-7-18(8-6-17)25-9-12-28-13-10-25/h3-8,11,16H,9-10,12-15H2,1-2H3,(H,22,26)(H,23,27). The molecule has 0 aliphatic carbocycles. The number of ether oxygens (including phenoxy) is 1. The molecule has 1 aromatic heterocycles. The van der Waals surface area contributed by atoms with Crippen molar-refractivity contribution in [1.29, 1.82) is 0 Å². The molecule has 2 heterocycles. The van der Waals surface area contributed by atoms with Crippen molar-refractivity contribution >= 4 is 23.2 Å². The van der Waals surface area contributed by atoms with Crippen LogP contribution >= 0.6 is 0 Å². The lowest BCUT2D eigenvalue weighted by Crippen LogP contribution is -2.39. The van der Waals surface area contributed by atoms with Crippen molar-refractivity contribution in [2.75, 3.05) is 56.7 Å². The first-order valence-electron chi connectivity index (χ1n) is 9.75. The first-order valence-corrected chi connectivity index (χ1v) is 9.75. The molecule has 3 rings (SSSR count). The summed E-state index contributed by atoms with van der Waals surface area (Å²) in [4.78, 5) is 28.3. The second-order valence-corrected chi connectivity index (χ2v) is 7.17. The Labute approximate surface area is 170 Å². The molecule has 1 unspecified atom stereocenters. The van der Waals surface area contributed by atoms with Gasteiger partial charge in [0.05, 0.1) is 38.6 Å². The number of nitrogens with one attached hydrogen (secondary N) is 2.